The van der Waals surface area contributed by atoms with Crippen molar-refractivity contribution in [2.45, 2.75) is 38.1 Å². The summed E-state index contributed by atoms with van der Waals surface area (Å²) in [5.74, 6) is -0.0828. The van der Waals surface area contributed by atoms with E-state index in [2.05, 4.69) is 5.32 Å². The van der Waals surface area contributed by atoms with Gasteiger partial charge in [-0.05, 0) is 24.5 Å². The van der Waals surface area contributed by atoms with Gasteiger partial charge in [-0.1, -0.05) is 32.9 Å². The molecule has 6 heteroatoms. The molecule has 0 spiro atoms. The van der Waals surface area contributed by atoms with E-state index in [1.165, 1.54) is 6.07 Å². The topological polar surface area (TPSA) is 89.3 Å². The number of hydrogen-bond donors (Lipinski definition) is 2. The SMILES string of the molecule is CCS(=O)(=O)c1ccccc1NC(=O)[C@H](N)CC(C)C. The lowest BCUT2D eigenvalue weighted by molar-refractivity contribution is -0.117. The molecule has 0 aromatic heterocycles. The van der Waals surface area contributed by atoms with E-state index in [1.54, 1.807) is 25.1 Å². The number of carbonyl (C=O) groups is 1. The van der Waals surface area contributed by atoms with Crippen molar-refractivity contribution in [3.63, 3.8) is 0 Å². The predicted octanol–water partition coefficient (Wildman–Crippen LogP) is 1.79. The highest BCUT2D eigenvalue weighted by atomic mass is 32.2. The number of rotatable bonds is 6. The molecule has 0 aliphatic rings. The van der Waals surface area contributed by atoms with Gasteiger partial charge in [0.05, 0.1) is 22.4 Å². The second-order valence-corrected chi connectivity index (χ2v) is 7.37. The van der Waals surface area contributed by atoms with Crippen molar-refractivity contribution in [3.05, 3.63) is 24.3 Å². The van der Waals surface area contributed by atoms with Crippen LogP contribution in [0.1, 0.15) is 27.2 Å². The van der Waals surface area contributed by atoms with E-state index in [9.17, 15) is 13.2 Å². The summed E-state index contributed by atoms with van der Waals surface area (Å²) in [6.45, 7) is 5.52. The molecule has 0 heterocycles. The summed E-state index contributed by atoms with van der Waals surface area (Å²) in [6, 6.07) is 5.72. The molecule has 5 nitrogen and oxygen atoms in total. The molecule has 0 fully saturated rings. The van der Waals surface area contributed by atoms with Gasteiger partial charge in [0.25, 0.3) is 0 Å². The summed E-state index contributed by atoms with van der Waals surface area (Å²) >= 11 is 0. The van der Waals surface area contributed by atoms with Crippen LogP contribution in [0.15, 0.2) is 29.2 Å². The van der Waals surface area contributed by atoms with E-state index in [0.29, 0.717) is 18.0 Å². The molecule has 1 atom stereocenters. The standard InChI is InChI=1S/C14H22N2O3S/c1-4-20(18,19)13-8-6-5-7-12(13)16-14(17)11(15)9-10(2)3/h5-8,10-11H,4,9,15H2,1-3H3,(H,16,17)/t11-/m1/s1. The van der Waals surface area contributed by atoms with Crippen molar-refractivity contribution in [3.8, 4) is 0 Å². The van der Waals surface area contributed by atoms with Crippen molar-refractivity contribution in [2.75, 3.05) is 11.1 Å². The minimum atomic E-state index is -3.38. The van der Waals surface area contributed by atoms with Crippen LogP contribution in [-0.2, 0) is 14.6 Å². The Bertz CT molecular complexity index is 568. The Morgan fingerprint density at radius 2 is 1.90 bits per heavy atom. The average molecular weight is 298 g/mol. The Balaban J connectivity index is 2.97. The number of amides is 1. The van der Waals surface area contributed by atoms with Gasteiger partial charge in [-0.15, -0.1) is 0 Å². The molecule has 20 heavy (non-hydrogen) atoms. The predicted molar refractivity (Wildman–Crippen MR) is 80.2 cm³/mol. The molecule has 1 rings (SSSR count). The lowest BCUT2D eigenvalue weighted by Gasteiger charge is -2.16. The van der Waals surface area contributed by atoms with Crippen LogP contribution >= 0.6 is 0 Å². The van der Waals surface area contributed by atoms with Gasteiger partial charge in [0.1, 0.15) is 0 Å². The van der Waals surface area contributed by atoms with Crippen LogP contribution < -0.4 is 11.1 Å². The van der Waals surface area contributed by atoms with E-state index in [1.807, 2.05) is 13.8 Å². The normalized spacial score (nSPS) is 13.2. The van der Waals surface area contributed by atoms with Gasteiger partial charge >= 0.3 is 0 Å². The second-order valence-electron chi connectivity index (χ2n) is 5.12. The number of sulfone groups is 1. The van der Waals surface area contributed by atoms with E-state index in [-0.39, 0.29) is 16.6 Å². The summed E-state index contributed by atoms with van der Waals surface area (Å²) in [7, 11) is -3.38. The van der Waals surface area contributed by atoms with E-state index < -0.39 is 15.9 Å². The monoisotopic (exact) mass is 298 g/mol. The number of nitrogens with two attached hydrogens (primary N) is 1. The second kappa shape index (κ2) is 6.85. The van der Waals surface area contributed by atoms with E-state index in [4.69, 9.17) is 5.73 Å². The number of para-hydroxylation sites is 1. The molecule has 3 N–H and O–H groups in total. The van der Waals surface area contributed by atoms with Crippen LogP contribution in [0.25, 0.3) is 0 Å². The third-order valence-electron chi connectivity index (χ3n) is 2.92. The highest BCUT2D eigenvalue weighted by Crippen LogP contribution is 2.22. The van der Waals surface area contributed by atoms with E-state index >= 15 is 0 Å². The van der Waals surface area contributed by atoms with Gasteiger partial charge in [0.15, 0.2) is 9.84 Å². The first-order valence-electron chi connectivity index (χ1n) is 6.66. The Kier molecular flexibility index (Phi) is 5.71. The summed E-state index contributed by atoms with van der Waals surface area (Å²) < 4.78 is 23.9. The average Bonchev–Trinajstić information content (AvgIpc) is 2.38. The van der Waals surface area contributed by atoms with Crippen LogP contribution in [0, 0.1) is 5.92 Å². The number of anilines is 1. The first-order valence-corrected chi connectivity index (χ1v) is 8.31. The van der Waals surface area contributed by atoms with Crippen molar-refractivity contribution in [1.29, 1.82) is 0 Å². The molecule has 1 amide bonds. The maximum Gasteiger partial charge on any atom is 0.241 e. The van der Waals surface area contributed by atoms with Gasteiger partial charge in [-0.25, -0.2) is 8.42 Å². The molecular weight excluding hydrogens is 276 g/mol. The van der Waals surface area contributed by atoms with Crippen LogP contribution in [0.5, 0.6) is 0 Å². The molecule has 1 aromatic carbocycles. The number of carbonyl (C=O) groups excluding carboxylic acids is 1. The van der Waals surface area contributed by atoms with Gasteiger partial charge < -0.3 is 11.1 Å². The van der Waals surface area contributed by atoms with Crippen molar-refractivity contribution >= 4 is 21.4 Å². The molecule has 0 bridgehead atoms. The van der Waals surface area contributed by atoms with Crippen molar-refractivity contribution < 1.29 is 13.2 Å². The minimum Gasteiger partial charge on any atom is -0.324 e. The van der Waals surface area contributed by atoms with Crippen molar-refractivity contribution in [1.82, 2.24) is 0 Å². The van der Waals surface area contributed by atoms with Crippen LogP contribution in [-0.4, -0.2) is 26.1 Å². The molecule has 0 aliphatic heterocycles. The molecule has 112 valence electrons. The third kappa shape index (κ3) is 4.31. The van der Waals surface area contributed by atoms with E-state index in [0.717, 1.165) is 0 Å². The summed E-state index contributed by atoms with van der Waals surface area (Å²) in [6.07, 6.45) is 0.550. The first-order chi connectivity index (χ1) is 9.27. The molecule has 1 aromatic rings. The highest BCUT2D eigenvalue weighted by molar-refractivity contribution is 7.91. The Labute approximate surface area is 120 Å². The quantitative estimate of drug-likeness (QED) is 0.838. The van der Waals surface area contributed by atoms with Crippen LogP contribution in [0.2, 0.25) is 0 Å². The van der Waals surface area contributed by atoms with Crippen LogP contribution in [0.4, 0.5) is 5.69 Å². The van der Waals surface area contributed by atoms with Gasteiger partial charge in [-0.2, -0.15) is 0 Å². The zero-order valence-electron chi connectivity index (χ0n) is 12.1. The molecular formula is C14H22N2O3S. The lowest BCUT2D eigenvalue weighted by atomic mass is 10.0. The highest BCUT2D eigenvalue weighted by Gasteiger charge is 2.20. The number of nitrogens with one attached hydrogen (secondary N) is 1. The maximum absolute atomic E-state index is 12.0. The smallest absolute Gasteiger partial charge is 0.241 e. The largest absolute Gasteiger partial charge is 0.324 e. The molecule has 0 saturated heterocycles. The lowest BCUT2D eigenvalue weighted by Crippen LogP contribution is -2.37. The third-order valence-corrected chi connectivity index (χ3v) is 4.71. The fourth-order valence-corrected chi connectivity index (χ4v) is 2.89. The summed E-state index contributed by atoms with van der Waals surface area (Å²) in [4.78, 5) is 12.1. The fourth-order valence-electron chi connectivity index (χ4n) is 1.84. The summed E-state index contributed by atoms with van der Waals surface area (Å²) in [5.41, 5.74) is 6.09. The molecule has 0 aliphatic carbocycles. The molecule has 0 unspecified atom stereocenters. The Hall–Kier alpha value is -1.40. The number of hydrogen-bond acceptors (Lipinski definition) is 4. The van der Waals surface area contributed by atoms with Gasteiger partial charge in [-0.3, -0.25) is 4.79 Å². The van der Waals surface area contributed by atoms with Gasteiger partial charge in [0.2, 0.25) is 5.91 Å². The molecule has 0 radical (unpaired) electrons. The van der Waals surface area contributed by atoms with Crippen LogP contribution in [0.3, 0.4) is 0 Å². The zero-order valence-corrected chi connectivity index (χ0v) is 12.9. The molecule has 0 saturated carbocycles. The minimum absolute atomic E-state index is 0.0159. The first kappa shape index (κ1) is 16.7. The Morgan fingerprint density at radius 3 is 2.45 bits per heavy atom. The zero-order chi connectivity index (χ0) is 15.3. The number of benzene rings is 1. The maximum atomic E-state index is 12.0. The summed E-state index contributed by atoms with van der Waals surface area (Å²) in [5, 5.41) is 2.61. The fraction of sp³-hybridized carbons (Fsp3) is 0.500. The van der Waals surface area contributed by atoms with Gasteiger partial charge in [0, 0.05) is 0 Å². The Morgan fingerprint density at radius 1 is 1.30 bits per heavy atom. The van der Waals surface area contributed by atoms with Crippen molar-refractivity contribution in [2.24, 2.45) is 11.7 Å².